The summed E-state index contributed by atoms with van der Waals surface area (Å²) >= 11 is 0. The van der Waals surface area contributed by atoms with Gasteiger partial charge in [0, 0.05) is 30.9 Å². The molecule has 0 aromatic carbocycles. The van der Waals surface area contributed by atoms with Gasteiger partial charge in [0.25, 0.3) is 0 Å². The highest BCUT2D eigenvalue weighted by atomic mass is 16.5. The van der Waals surface area contributed by atoms with E-state index >= 15 is 0 Å². The van der Waals surface area contributed by atoms with Crippen LogP contribution >= 0.6 is 0 Å². The van der Waals surface area contributed by atoms with E-state index in [4.69, 9.17) is 9.72 Å². The highest BCUT2D eigenvalue weighted by Crippen LogP contribution is 2.26. The molecule has 0 amide bonds. The number of anilines is 2. The summed E-state index contributed by atoms with van der Waals surface area (Å²) in [4.78, 5) is 11.3. The molecule has 29 heavy (non-hydrogen) atoms. The van der Waals surface area contributed by atoms with Gasteiger partial charge < -0.3 is 20.1 Å². The van der Waals surface area contributed by atoms with Gasteiger partial charge in [-0.15, -0.1) is 9.73 Å². The average molecular weight is 395 g/mol. The first kappa shape index (κ1) is 18.3. The number of aliphatic hydroxyl groups excluding tert-OH is 1. The number of nitrogens with one attached hydrogen (secondary N) is 1. The number of aliphatic hydroxyl groups is 1. The lowest BCUT2D eigenvalue weighted by molar-refractivity contribution is 0.122. The van der Waals surface area contributed by atoms with Crippen LogP contribution in [0.4, 0.5) is 11.8 Å². The Balaban J connectivity index is 1.37. The highest BCUT2D eigenvalue weighted by molar-refractivity contribution is 5.78. The van der Waals surface area contributed by atoms with Crippen LogP contribution in [0, 0.1) is 0 Å². The van der Waals surface area contributed by atoms with Gasteiger partial charge in [0.05, 0.1) is 36.7 Å². The van der Waals surface area contributed by atoms with Gasteiger partial charge in [-0.3, -0.25) is 0 Å². The summed E-state index contributed by atoms with van der Waals surface area (Å²) in [6, 6.07) is 6.26. The molecule has 3 aromatic rings. The van der Waals surface area contributed by atoms with E-state index in [1.807, 2.05) is 18.2 Å². The van der Waals surface area contributed by atoms with Crippen molar-refractivity contribution < 1.29 is 9.84 Å². The van der Waals surface area contributed by atoms with Gasteiger partial charge in [-0.2, -0.15) is 5.10 Å². The predicted molar refractivity (Wildman–Crippen MR) is 109 cm³/mol. The summed E-state index contributed by atoms with van der Waals surface area (Å²) < 4.78 is 7.08. The molecule has 1 saturated heterocycles. The molecule has 0 bridgehead atoms. The number of hydrogen-bond donors (Lipinski definition) is 2. The zero-order valence-corrected chi connectivity index (χ0v) is 16.2. The standard InChI is InChI=1S/C20H25N7O2/c28-15-3-1-14(2-4-15)23-20-21-8-7-17(24-20)16-13-22-27-18(16)5-6-19(25-27)26-9-11-29-12-10-26/h5-8,13-15,28H,1-4,9-12H2,(H,21,23,24). The maximum Gasteiger partial charge on any atom is 0.223 e. The Morgan fingerprint density at radius 1 is 1.07 bits per heavy atom. The van der Waals surface area contributed by atoms with E-state index in [0.717, 1.165) is 74.6 Å². The number of fused-ring (bicyclic) bond motifs is 1. The zero-order chi connectivity index (χ0) is 19.6. The first-order valence-corrected chi connectivity index (χ1v) is 10.2. The minimum atomic E-state index is -0.172. The fraction of sp³-hybridized carbons (Fsp3) is 0.500. The van der Waals surface area contributed by atoms with Crippen LogP contribution in [0.15, 0.2) is 30.6 Å². The van der Waals surface area contributed by atoms with E-state index < -0.39 is 0 Å². The smallest absolute Gasteiger partial charge is 0.223 e. The van der Waals surface area contributed by atoms with Crippen molar-refractivity contribution in [3.63, 3.8) is 0 Å². The molecule has 3 aromatic heterocycles. The second-order valence-corrected chi connectivity index (χ2v) is 7.64. The van der Waals surface area contributed by atoms with Gasteiger partial charge in [0.15, 0.2) is 5.82 Å². The SMILES string of the molecule is OC1CCC(Nc2nccc(-c3cnn4nc(N5CCOCC5)ccc34)n2)CC1. The summed E-state index contributed by atoms with van der Waals surface area (Å²) in [5, 5.41) is 22.2. The minimum absolute atomic E-state index is 0.172. The summed E-state index contributed by atoms with van der Waals surface area (Å²) in [6.45, 7) is 3.12. The van der Waals surface area contributed by atoms with E-state index in [2.05, 4.69) is 25.4 Å². The molecule has 0 radical (unpaired) electrons. The summed E-state index contributed by atoms with van der Waals surface area (Å²) in [5.74, 6) is 1.51. The van der Waals surface area contributed by atoms with Crippen LogP contribution in [0.5, 0.6) is 0 Å². The second kappa shape index (κ2) is 7.92. The number of nitrogens with zero attached hydrogens (tertiary/aromatic N) is 6. The number of hydrogen-bond acceptors (Lipinski definition) is 8. The molecule has 0 unspecified atom stereocenters. The molecule has 1 aliphatic heterocycles. The first-order chi connectivity index (χ1) is 14.3. The molecule has 0 spiro atoms. The normalized spacial score (nSPS) is 22.7. The first-order valence-electron chi connectivity index (χ1n) is 10.2. The van der Waals surface area contributed by atoms with Crippen LogP contribution in [-0.4, -0.2) is 68.4 Å². The van der Waals surface area contributed by atoms with Crippen molar-refractivity contribution in [3.05, 3.63) is 30.6 Å². The fourth-order valence-corrected chi connectivity index (χ4v) is 4.01. The van der Waals surface area contributed by atoms with Crippen LogP contribution in [0.3, 0.4) is 0 Å². The lowest BCUT2D eigenvalue weighted by Crippen LogP contribution is -2.37. The Morgan fingerprint density at radius 3 is 2.72 bits per heavy atom. The molecule has 5 rings (SSSR count). The van der Waals surface area contributed by atoms with Crippen molar-refractivity contribution in [2.45, 2.75) is 37.8 Å². The zero-order valence-electron chi connectivity index (χ0n) is 16.2. The molecule has 4 heterocycles. The number of rotatable bonds is 4. The molecule has 2 fully saturated rings. The second-order valence-electron chi connectivity index (χ2n) is 7.64. The molecule has 9 heteroatoms. The minimum Gasteiger partial charge on any atom is -0.393 e. The highest BCUT2D eigenvalue weighted by Gasteiger charge is 2.20. The molecule has 0 atom stereocenters. The van der Waals surface area contributed by atoms with Crippen molar-refractivity contribution in [1.82, 2.24) is 24.8 Å². The van der Waals surface area contributed by atoms with Crippen LogP contribution in [0.25, 0.3) is 16.8 Å². The topological polar surface area (TPSA) is 101 Å². The van der Waals surface area contributed by atoms with Gasteiger partial charge in [-0.05, 0) is 43.9 Å². The van der Waals surface area contributed by atoms with Gasteiger partial charge in [-0.1, -0.05) is 0 Å². The quantitative estimate of drug-likeness (QED) is 0.689. The van der Waals surface area contributed by atoms with E-state index in [1.165, 1.54) is 0 Å². The maximum atomic E-state index is 9.68. The lowest BCUT2D eigenvalue weighted by atomic mass is 9.93. The van der Waals surface area contributed by atoms with Crippen LogP contribution in [-0.2, 0) is 4.74 Å². The molecular weight excluding hydrogens is 370 g/mol. The fourth-order valence-electron chi connectivity index (χ4n) is 4.01. The van der Waals surface area contributed by atoms with Crippen molar-refractivity contribution >= 4 is 17.3 Å². The number of morpholine rings is 1. The third-order valence-electron chi connectivity index (χ3n) is 5.67. The van der Waals surface area contributed by atoms with Gasteiger partial charge in [0.1, 0.15) is 0 Å². The maximum absolute atomic E-state index is 9.68. The van der Waals surface area contributed by atoms with Crippen molar-refractivity contribution in [2.75, 3.05) is 36.5 Å². The Bertz CT molecular complexity index is 978. The van der Waals surface area contributed by atoms with Gasteiger partial charge >= 0.3 is 0 Å². The summed E-state index contributed by atoms with van der Waals surface area (Å²) in [7, 11) is 0. The molecule has 9 nitrogen and oxygen atoms in total. The Labute approximate surface area is 168 Å². The Kier molecular flexibility index (Phi) is 4.99. The predicted octanol–water partition coefficient (Wildman–Crippen LogP) is 1.74. The molecule has 2 aliphatic rings. The van der Waals surface area contributed by atoms with Crippen LogP contribution in [0.1, 0.15) is 25.7 Å². The monoisotopic (exact) mass is 395 g/mol. The van der Waals surface area contributed by atoms with Crippen LogP contribution < -0.4 is 10.2 Å². The average Bonchev–Trinajstić information content (AvgIpc) is 3.19. The van der Waals surface area contributed by atoms with E-state index in [-0.39, 0.29) is 6.10 Å². The number of ether oxygens (including phenoxy) is 1. The lowest BCUT2D eigenvalue weighted by Gasteiger charge is -2.27. The van der Waals surface area contributed by atoms with E-state index in [0.29, 0.717) is 12.0 Å². The van der Waals surface area contributed by atoms with Crippen molar-refractivity contribution in [1.29, 1.82) is 0 Å². The Morgan fingerprint density at radius 2 is 1.90 bits per heavy atom. The van der Waals surface area contributed by atoms with Gasteiger partial charge in [0.2, 0.25) is 5.95 Å². The van der Waals surface area contributed by atoms with E-state index in [9.17, 15) is 5.11 Å². The van der Waals surface area contributed by atoms with Crippen molar-refractivity contribution in [2.24, 2.45) is 0 Å². The van der Waals surface area contributed by atoms with Crippen LogP contribution in [0.2, 0.25) is 0 Å². The third-order valence-corrected chi connectivity index (χ3v) is 5.67. The number of aromatic nitrogens is 5. The molecule has 1 aliphatic carbocycles. The summed E-state index contributed by atoms with van der Waals surface area (Å²) in [6.07, 6.45) is 6.90. The molecule has 152 valence electrons. The van der Waals surface area contributed by atoms with E-state index in [1.54, 1.807) is 17.0 Å². The Hall–Kier alpha value is -2.78. The molecule has 2 N–H and O–H groups in total. The summed E-state index contributed by atoms with van der Waals surface area (Å²) in [5.41, 5.74) is 2.65. The molecular formula is C20H25N7O2. The third kappa shape index (κ3) is 3.88. The largest absolute Gasteiger partial charge is 0.393 e. The molecule has 1 saturated carbocycles. The van der Waals surface area contributed by atoms with Gasteiger partial charge in [-0.25, -0.2) is 9.97 Å². The van der Waals surface area contributed by atoms with Crippen molar-refractivity contribution in [3.8, 4) is 11.3 Å².